The molecular weight excluding hydrogens is 461 g/mol. The molecule has 2 aromatic rings. The van der Waals surface area contributed by atoms with Gasteiger partial charge in [0.2, 0.25) is 0 Å². The minimum atomic E-state index is 0.713. The molecule has 3 N–H and O–H groups in total. The van der Waals surface area contributed by atoms with E-state index >= 15 is 0 Å². The van der Waals surface area contributed by atoms with Gasteiger partial charge in [0, 0.05) is 12.8 Å². The predicted molar refractivity (Wildman–Crippen MR) is 91.0 cm³/mol. The smallest absolute Gasteiger partial charge is 0.0651 e. The summed E-state index contributed by atoms with van der Waals surface area (Å²) in [5.41, 5.74) is 8.37. The first-order chi connectivity index (χ1) is 8.06. The van der Waals surface area contributed by atoms with Gasteiger partial charge in [0.25, 0.3) is 0 Å². The molecule has 0 aliphatic rings. The Morgan fingerprint density at radius 1 is 1.00 bits per heavy atom. The Morgan fingerprint density at radius 2 is 1.71 bits per heavy atom. The van der Waals surface area contributed by atoms with Gasteiger partial charge in [0.1, 0.15) is 0 Å². The highest BCUT2D eigenvalue weighted by atomic mass is 127. The molecule has 0 fully saturated rings. The summed E-state index contributed by atoms with van der Waals surface area (Å²) in [6.45, 7) is 0. The lowest BCUT2D eigenvalue weighted by Crippen LogP contribution is -1.95. The van der Waals surface area contributed by atoms with Gasteiger partial charge in [-0.2, -0.15) is 0 Å². The summed E-state index contributed by atoms with van der Waals surface area (Å²) >= 11 is 10.6. The highest BCUT2D eigenvalue weighted by Crippen LogP contribution is 2.29. The van der Waals surface area contributed by atoms with Gasteiger partial charge in [-0.1, -0.05) is 11.6 Å². The van der Waals surface area contributed by atoms with Crippen molar-refractivity contribution in [3.8, 4) is 0 Å². The summed E-state index contributed by atoms with van der Waals surface area (Å²) < 4.78 is 2.18. The van der Waals surface area contributed by atoms with Crippen molar-refractivity contribution in [3.05, 3.63) is 48.6 Å². The number of nitrogens with one attached hydrogen (secondary N) is 1. The van der Waals surface area contributed by atoms with Crippen LogP contribution in [-0.2, 0) is 0 Å². The van der Waals surface area contributed by atoms with Crippen LogP contribution in [0.3, 0.4) is 0 Å². The van der Waals surface area contributed by atoms with Gasteiger partial charge >= 0.3 is 0 Å². The zero-order valence-electron chi connectivity index (χ0n) is 8.68. The van der Waals surface area contributed by atoms with Gasteiger partial charge in [-0.3, -0.25) is 0 Å². The summed E-state index contributed by atoms with van der Waals surface area (Å²) in [7, 11) is 0. The summed E-state index contributed by atoms with van der Waals surface area (Å²) in [4.78, 5) is 0. The van der Waals surface area contributed by atoms with Crippen molar-refractivity contribution >= 4 is 73.8 Å². The van der Waals surface area contributed by atoms with Crippen molar-refractivity contribution in [2.24, 2.45) is 0 Å². The van der Waals surface area contributed by atoms with Crippen LogP contribution in [0.1, 0.15) is 0 Å². The fraction of sp³-hybridized carbons (Fsp3) is 0. The number of rotatable bonds is 2. The van der Waals surface area contributed by atoms with E-state index in [9.17, 15) is 0 Å². The number of hydrogen-bond acceptors (Lipinski definition) is 2. The van der Waals surface area contributed by atoms with Crippen molar-refractivity contribution in [2.75, 3.05) is 11.1 Å². The van der Waals surface area contributed by atoms with Crippen LogP contribution in [0, 0.1) is 7.14 Å². The Hall–Kier alpha value is -0.210. The van der Waals surface area contributed by atoms with Gasteiger partial charge < -0.3 is 11.1 Å². The number of hydrogen-bond donors (Lipinski definition) is 2. The average Bonchev–Trinajstić information content (AvgIpc) is 2.25. The van der Waals surface area contributed by atoms with Gasteiger partial charge in [-0.05, 0) is 81.6 Å². The van der Waals surface area contributed by atoms with E-state index in [0.717, 1.165) is 24.2 Å². The van der Waals surface area contributed by atoms with Crippen LogP contribution in [0.25, 0.3) is 0 Å². The predicted octanol–water partition coefficient (Wildman–Crippen LogP) is 4.88. The third-order valence-corrected chi connectivity index (χ3v) is 4.07. The Labute approximate surface area is 132 Å². The lowest BCUT2D eigenvalue weighted by Gasteiger charge is -2.11. The maximum atomic E-state index is 6.17. The Kier molecular flexibility index (Phi) is 4.37. The molecule has 0 heterocycles. The number of nitrogens with two attached hydrogens (primary N) is 1. The molecule has 0 aromatic heterocycles. The highest BCUT2D eigenvalue weighted by molar-refractivity contribution is 14.1. The maximum absolute atomic E-state index is 6.17. The molecule has 2 aromatic carbocycles. The first-order valence-corrected chi connectivity index (χ1v) is 7.37. The fourth-order valence-electron chi connectivity index (χ4n) is 1.37. The third kappa shape index (κ3) is 3.38. The highest BCUT2D eigenvalue weighted by Gasteiger charge is 2.04. The number of nitrogen functional groups attached to an aromatic ring is 1. The van der Waals surface area contributed by atoms with Crippen LogP contribution < -0.4 is 11.1 Å². The van der Waals surface area contributed by atoms with Crippen molar-refractivity contribution in [1.82, 2.24) is 0 Å². The summed E-state index contributed by atoms with van der Waals surface area (Å²) in [5, 5.41) is 4.01. The summed E-state index contributed by atoms with van der Waals surface area (Å²) in [6.07, 6.45) is 0. The van der Waals surface area contributed by atoms with Gasteiger partial charge in [0.15, 0.2) is 0 Å². The van der Waals surface area contributed by atoms with E-state index in [-0.39, 0.29) is 0 Å². The zero-order chi connectivity index (χ0) is 12.4. The second-order valence-electron chi connectivity index (χ2n) is 3.49. The number of anilines is 3. The third-order valence-electron chi connectivity index (χ3n) is 2.19. The van der Waals surface area contributed by atoms with Gasteiger partial charge in [0.05, 0.1) is 16.4 Å². The van der Waals surface area contributed by atoms with Crippen LogP contribution >= 0.6 is 56.8 Å². The molecule has 0 amide bonds. The minimum Gasteiger partial charge on any atom is -0.399 e. The van der Waals surface area contributed by atoms with E-state index < -0.39 is 0 Å². The molecule has 0 atom stereocenters. The minimum absolute atomic E-state index is 0.713. The van der Waals surface area contributed by atoms with Crippen LogP contribution in [-0.4, -0.2) is 0 Å². The van der Waals surface area contributed by atoms with E-state index in [0.29, 0.717) is 5.02 Å². The zero-order valence-corrected chi connectivity index (χ0v) is 13.7. The number of benzene rings is 2. The van der Waals surface area contributed by atoms with Crippen molar-refractivity contribution in [3.63, 3.8) is 0 Å². The molecule has 0 unspecified atom stereocenters. The molecule has 5 heteroatoms. The first kappa shape index (κ1) is 13.2. The Bertz CT molecular complexity index is 509. The molecule has 0 saturated carbocycles. The van der Waals surface area contributed by atoms with Crippen molar-refractivity contribution in [2.45, 2.75) is 0 Å². The summed E-state index contributed by atoms with van der Waals surface area (Å²) in [6, 6.07) is 11.6. The van der Waals surface area contributed by atoms with Crippen molar-refractivity contribution < 1.29 is 0 Å². The molecule has 0 saturated heterocycles. The Balaban J connectivity index is 2.31. The van der Waals surface area contributed by atoms with E-state index in [1.54, 1.807) is 0 Å². The van der Waals surface area contributed by atoms with Crippen LogP contribution in [0.5, 0.6) is 0 Å². The molecule has 0 spiro atoms. The second-order valence-corrected chi connectivity index (χ2v) is 6.30. The quantitative estimate of drug-likeness (QED) is 0.485. The molecule has 0 aliphatic carbocycles. The molecule has 17 heavy (non-hydrogen) atoms. The largest absolute Gasteiger partial charge is 0.399 e. The second kappa shape index (κ2) is 5.62. The van der Waals surface area contributed by atoms with Gasteiger partial charge in [-0.15, -0.1) is 0 Å². The standard InChI is InChI=1S/C12H9ClI2N2/c13-9-5-7(14)1-3-11(9)17-12-4-2-8(16)6-10(12)15/h1-6,17H,16H2. The molecule has 0 radical (unpaired) electrons. The van der Waals surface area contributed by atoms with Crippen LogP contribution in [0.4, 0.5) is 17.1 Å². The molecule has 0 aliphatic heterocycles. The average molecular weight is 470 g/mol. The molecular formula is C12H9ClI2N2. The molecule has 0 bridgehead atoms. The topological polar surface area (TPSA) is 38.0 Å². The van der Waals surface area contributed by atoms with Crippen LogP contribution in [0.2, 0.25) is 5.02 Å². The summed E-state index contributed by atoms with van der Waals surface area (Å²) in [5.74, 6) is 0. The van der Waals surface area contributed by atoms with Crippen LogP contribution in [0.15, 0.2) is 36.4 Å². The normalized spacial score (nSPS) is 10.3. The maximum Gasteiger partial charge on any atom is 0.0651 e. The molecule has 2 nitrogen and oxygen atoms in total. The van der Waals surface area contributed by atoms with Gasteiger partial charge in [-0.25, -0.2) is 0 Å². The van der Waals surface area contributed by atoms with E-state index in [1.165, 1.54) is 0 Å². The molecule has 88 valence electrons. The lowest BCUT2D eigenvalue weighted by atomic mass is 10.2. The van der Waals surface area contributed by atoms with E-state index in [2.05, 4.69) is 50.5 Å². The van der Waals surface area contributed by atoms with Crippen molar-refractivity contribution in [1.29, 1.82) is 0 Å². The fourth-order valence-corrected chi connectivity index (χ4v) is 2.95. The SMILES string of the molecule is Nc1ccc(Nc2ccc(I)cc2Cl)c(I)c1. The Morgan fingerprint density at radius 3 is 2.35 bits per heavy atom. The monoisotopic (exact) mass is 470 g/mol. The number of halogens is 3. The lowest BCUT2D eigenvalue weighted by molar-refractivity contribution is 1.51. The molecule has 2 rings (SSSR count). The first-order valence-electron chi connectivity index (χ1n) is 4.83. The van der Waals surface area contributed by atoms with E-state index in [1.807, 2.05) is 36.4 Å². The van der Waals surface area contributed by atoms with E-state index in [4.69, 9.17) is 17.3 Å².